The lowest BCUT2D eigenvalue weighted by molar-refractivity contribution is -0.120. The van der Waals surface area contributed by atoms with Gasteiger partial charge in [0.1, 0.15) is 5.82 Å². The fraction of sp³-hybridized carbons (Fsp3) is 0.562. The van der Waals surface area contributed by atoms with E-state index in [1.165, 1.54) is 16.6 Å². The van der Waals surface area contributed by atoms with Gasteiger partial charge in [-0.1, -0.05) is 38.0 Å². The Kier molecular flexibility index (Phi) is 8.19. The van der Waals surface area contributed by atoms with E-state index in [1.54, 1.807) is 18.2 Å². The minimum Gasteiger partial charge on any atom is -0.354 e. The number of carbonyl (C=O) groups excluding carboxylic acids is 1. The molecule has 5 nitrogen and oxygen atoms in total. The van der Waals surface area contributed by atoms with Gasteiger partial charge in [-0.15, -0.1) is 0 Å². The summed E-state index contributed by atoms with van der Waals surface area (Å²) >= 11 is 0. The Morgan fingerprint density at radius 1 is 1.22 bits per heavy atom. The fourth-order valence-electron chi connectivity index (χ4n) is 2.18. The van der Waals surface area contributed by atoms with Crippen molar-refractivity contribution in [2.45, 2.75) is 32.6 Å². The molecule has 0 fully saturated rings. The zero-order valence-corrected chi connectivity index (χ0v) is 14.5. The molecule has 0 unspecified atom stereocenters. The van der Waals surface area contributed by atoms with Crippen LogP contribution in [0, 0.1) is 5.82 Å². The van der Waals surface area contributed by atoms with E-state index in [1.807, 2.05) is 6.92 Å². The summed E-state index contributed by atoms with van der Waals surface area (Å²) in [5.74, 6) is -0.739. The van der Waals surface area contributed by atoms with E-state index < -0.39 is 15.8 Å². The first kappa shape index (κ1) is 19.6. The Labute approximate surface area is 137 Å². The average Bonchev–Trinajstić information content (AvgIpc) is 2.47. The van der Waals surface area contributed by atoms with E-state index in [4.69, 9.17) is 0 Å². The van der Waals surface area contributed by atoms with E-state index in [0.29, 0.717) is 12.1 Å². The lowest BCUT2D eigenvalue weighted by Crippen LogP contribution is -2.39. The van der Waals surface area contributed by atoms with Crippen LogP contribution in [0.4, 0.5) is 4.39 Å². The molecule has 1 aromatic rings. The Morgan fingerprint density at radius 2 is 1.91 bits per heavy atom. The van der Waals surface area contributed by atoms with Gasteiger partial charge in [-0.3, -0.25) is 4.79 Å². The van der Waals surface area contributed by atoms with Crippen LogP contribution in [0.25, 0.3) is 0 Å². The number of hydrogen-bond donors (Lipinski definition) is 1. The summed E-state index contributed by atoms with van der Waals surface area (Å²) in [4.78, 5) is 11.8. The van der Waals surface area contributed by atoms with Crippen LogP contribution < -0.4 is 5.32 Å². The molecule has 1 rings (SSSR count). The molecule has 0 atom stereocenters. The van der Waals surface area contributed by atoms with Crippen molar-refractivity contribution in [2.24, 2.45) is 0 Å². The number of amides is 1. The highest BCUT2D eigenvalue weighted by Crippen LogP contribution is 2.07. The first-order valence-electron chi connectivity index (χ1n) is 7.79. The fourth-order valence-corrected chi connectivity index (χ4v) is 3.06. The van der Waals surface area contributed by atoms with Gasteiger partial charge in [-0.05, 0) is 18.1 Å². The summed E-state index contributed by atoms with van der Waals surface area (Å²) in [6.45, 7) is 2.95. The number of nitrogens with zero attached hydrogens (tertiary/aromatic N) is 1. The van der Waals surface area contributed by atoms with Crippen LogP contribution in [0.3, 0.4) is 0 Å². The molecule has 23 heavy (non-hydrogen) atoms. The number of nitrogens with one attached hydrogen (secondary N) is 1. The van der Waals surface area contributed by atoms with Gasteiger partial charge >= 0.3 is 0 Å². The highest BCUT2D eigenvalue weighted by atomic mass is 32.2. The highest BCUT2D eigenvalue weighted by molar-refractivity contribution is 7.88. The van der Waals surface area contributed by atoms with Crippen LogP contribution in [0.1, 0.15) is 31.7 Å². The Bertz CT molecular complexity index is 605. The predicted molar refractivity (Wildman–Crippen MR) is 89.1 cm³/mol. The van der Waals surface area contributed by atoms with Crippen molar-refractivity contribution >= 4 is 15.9 Å². The standard InChI is InChI=1S/C16H25FN2O3S/c1-3-4-7-11-19(23(2,21)22)12-10-18-16(20)13-14-8-5-6-9-15(14)17/h5-6,8-9H,3-4,7,10-13H2,1-2H3,(H,18,20). The van der Waals surface area contributed by atoms with Gasteiger partial charge in [0.2, 0.25) is 15.9 Å². The molecule has 0 heterocycles. The number of hydrogen-bond acceptors (Lipinski definition) is 3. The molecule has 0 aliphatic carbocycles. The molecule has 0 aliphatic heterocycles. The van der Waals surface area contributed by atoms with E-state index in [-0.39, 0.29) is 25.4 Å². The van der Waals surface area contributed by atoms with Crippen LogP contribution in [0.15, 0.2) is 24.3 Å². The lowest BCUT2D eigenvalue weighted by atomic mass is 10.1. The molecule has 0 bridgehead atoms. The summed E-state index contributed by atoms with van der Waals surface area (Å²) in [6, 6.07) is 6.10. The summed E-state index contributed by atoms with van der Waals surface area (Å²) in [5, 5.41) is 2.64. The number of carbonyl (C=O) groups is 1. The molecular formula is C16H25FN2O3S. The SMILES string of the molecule is CCCCCN(CCNC(=O)Cc1ccccc1F)S(C)(=O)=O. The maximum Gasteiger partial charge on any atom is 0.224 e. The van der Waals surface area contributed by atoms with Crippen molar-refractivity contribution in [1.82, 2.24) is 9.62 Å². The van der Waals surface area contributed by atoms with Gasteiger partial charge in [0.05, 0.1) is 12.7 Å². The van der Waals surface area contributed by atoms with Crippen molar-refractivity contribution in [1.29, 1.82) is 0 Å². The molecule has 7 heteroatoms. The van der Waals surface area contributed by atoms with Gasteiger partial charge in [0, 0.05) is 19.6 Å². The molecule has 0 aliphatic rings. The monoisotopic (exact) mass is 344 g/mol. The van der Waals surface area contributed by atoms with Crippen LogP contribution in [-0.4, -0.2) is 44.5 Å². The Morgan fingerprint density at radius 3 is 2.52 bits per heavy atom. The smallest absolute Gasteiger partial charge is 0.224 e. The van der Waals surface area contributed by atoms with E-state index in [0.717, 1.165) is 19.3 Å². The number of benzene rings is 1. The van der Waals surface area contributed by atoms with Crippen molar-refractivity contribution in [3.63, 3.8) is 0 Å². The molecule has 1 amide bonds. The minimum absolute atomic E-state index is 0.0542. The number of unbranched alkanes of at least 4 members (excludes halogenated alkanes) is 2. The van der Waals surface area contributed by atoms with Crippen molar-refractivity contribution in [3.8, 4) is 0 Å². The second-order valence-corrected chi connectivity index (χ2v) is 7.47. The molecule has 1 aromatic carbocycles. The molecule has 1 N–H and O–H groups in total. The zero-order valence-electron chi connectivity index (χ0n) is 13.7. The highest BCUT2D eigenvalue weighted by Gasteiger charge is 2.16. The summed E-state index contributed by atoms with van der Waals surface area (Å²) in [6.07, 6.45) is 3.89. The second-order valence-electron chi connectivity index (χ2n) is 5.49. The molecule has 0 spiro atoms. The molecular weight excluding hydrogens is 319 g/mol. The van der Waals surface area contributed by atoms with Crippen molar-refractivity contribution < 1.29 is 17.6 Å². The second kappa shape index (κ2) is 9.62. The molecule has 0 saturated heterocycles. The van der Waals surface area contributed by atoms with Gasteiger partial charge < -0.3 is 5.32 Å². The van der Waals surface area contributed by atoms with Crippen LogP contribution in [0.2, 0.25) is 0 Å². The van der Waals surface area contributed by atoms with E-state index >= 15 is 0 Å². The zero-order chi connectivity index (χ0) is 17.3. The average molecular weight is 344 g/mol. The lowest BCUT2D eigenvalue weighted by Gasteiger charge is -2.20. The summed E-state index contributed by atoms with van der Waals surface area (Å²) in [7, 11) is -3.29. The van der Waals surface area contributed by atoms with Crippen molar-refractivity contribution in [2.75, 3.05) is 25.9 Å². The third kappa shape index (κ3) is 7.56. The minimum atomic E-state index is -3.29. The third-order valence-corrected chi connectivity index (χ3v) is 4.78. The maximum absolute atomic E-state index is 13.5. The van der Waals surface area contributed by atoms with Crippen LogP contribution >= 0.6 is 0 Å². The third-order valence-electron chi connectivity index (χ3n) is 3.47. The largest absolute Gasteiger partial charge is 0.354 e. The molecule has 0 radical (unpaired) electrons. The van der Waals surface area contributed by atoms with Gasteiger partial charge in [-0.25, -0.2) is 17.1 Å². The normalized spacial score (nSPS) is 11.7. The number of sulfonamides is 1. The quantitative estimate of drug-likeness (QED) is 0.660. The summed E-state index contributed by atoms with van der Waals surface area (Å²) < 4.78 is 38.2. The molecule has 0 saturated carbocycles. The Balaban J connectivity index is 2.43. The summed E-state index contributed by atoms with van der Waals surface area (Å²) in [5.41, 5.74) is 0.327. The van der Waals surface area contributed by atoms with Gasteiger partial charge in [-0.2, -0.15) is 0 Å². The van der Waals surface area contributed by atoms with E-state index in [9.17, 15) is 17.6 Å². The topological polar surface area (TPSA) is 66.5 Å². The number of rotatable bonds is 10. The van der Waals surface area contributed by atoms with Crippen LogP contribution in [0.5, 0.6) is 0 Å². The van der Waals surface area contributed by atoms with E-state index in [2.05, 4.69) is 5.32 Å². The Hall–Kier alpha value is -1.47. The first-order valence-corrected chi connectivity index (χ1v) is 9.64. The molecule has 130 valence electrons. The van der Waals surface area contributed by atoms with Gasteiger partial charge in [0.15, 0.2) is 0 Å². The maximum atomic E-state index is 13.5. The van der Waals surface area contributed by atoms with Crippen molar-refractivity contribution in [3.05, 3.63) is 35.6 Å². The number of halogens is 1. The molecule has 0 aromatic heterocycles. The first-order chi connectivity index (χ1) is 10.8. The predicted octanol–water partition coefficient (Wildman–Crippen LogP) is 1.94. The van der Waals surface area contributed by atoms with Crippen LogP contribution in [-0.2, 0) is 21.2 Å². The van der Waals surface area contributed by atoms with Gasteiger partial charge in [0.25, 0.3) is 0 Å².